The summed E-state index contributed by atoms with van der Waals surface area (Å²) in [4.78, 5) is 34.7. The van der Waals surface area contributed by atoms with Crippen molar-refractivity contribution in [2.75, 3.05) is 6.54 Å². The third kappa shape index (κ3) is 9.09. The molecule has 0 saturated carbocycles. The van der Waals surface area contributed by atoms with E-state index in [0.29, 0.717) is 19.4 Å². The largest absolute Gasteiger partial charge is 0.548 e. The van der Waals surface area contributed by atoms with Crippen LogP contribution < -0.4 is 15.7 Å². The summed E-state index contributed by atoms with van der Waals surface area (Å²) in [7, 11) is 0. The van der Waals surface area contributed by atoms with E-state index >= 15 is 0 Å². The molecule has 2 amide bonds. The Morgan fingerprint density at radius 1 is 0.800 bits per heavy atom. The molecule has 0 unspecified atom stereocenters. The highest BCUT2D eigenvalue weighted by Gasteiger charge is 2.14. The van der Waals surface area contributed by atoms with Crippen LogP contribution in [0.15, 0.2) is 60.7 Å². The lowest BCUT2D eigenvalue weighted by Crippen LogP contribution is -2.48. The number of carboxylic acids is 1. The molecule has 8 nitrogen and oxygen atoms in total. The van der Waals surface area contributed by atoms with Crippen molar-refractivity contribution in [1.82, 2.24) is 10.6 Å². The standard InChI is InChI=1S/C22H26N2O6/c25-20(26)19(24-22(28)30-16-18-11-5-2-6-12-18)13-7-8-14-23-21(27)29-15-17-9-3-1-4-10-17/h1-6,9-12,19H,7-8,13-16H2,(H,23,27)(H,24,28)(H,25,26)/p-1/t19-/m1/s1. The average molecular weight is 413 g/mol. The van der Waals surface area contributed by atoms with Crippen molar-refractivity contribution in [2.45, 2.75) is 38.5 Å². The molecule has 0 aliphatic heterocycles. The zero-order valence-electron chi connectivity index (χ0n) is 16.5. The Bertz CT molecular complexity index is 798. The zero-order valence-corrected chi connectivity index (χ0v) is 16.5. The van der Waals surface area contributed by atoms with Crippen LogP contribution in [0, 0.1) is 0 Å². The second kappa shape index (κ2) is 12.8. The Morgan fingerprint density at radius 3 is 1.87 bits per heavy atom. The number of amides is 2. The summed E-state index contributed by atoms with van der Waals surface area (Å²) in [6.45, 7) is 0.543. The predicted molar refractivity (Wildman–Crippen MR) is 107 cm³/mol. The van der Waals surface area contributed by atoms with Gasteiger partial charge in [0.05, 0.1) is 12.0 Å². The molecule has 8 heteroatoms. The van der Waals surface area contributed by atoms with E-state index in [2.05, 4.69) is 10.6 Å². The zero-order chi connectivity index (χ0) is 21.6. The first kappa shape index (κ1) is 22.7. The van der Waals surface area contributed by atoms with E-state index in [1.54, 1.807) is 12.1 Å². The summed E-state index contributed by atoms with van der Waals surface area (Å²) < 4.78 is 10.1. The minimum atomic E-state index is -1.39. The van der Waals surface area contributed by atoms with Gasteiger partial charge in [0.2, 0.25) is 0 Å². The number of hydrogen-bond acceptors (Lipinski definition) is 6. The number of carbonyl (C=O) groups is 3. The molecule has 0 saturated heterocycles. The number of rotatable bonds is 11. The van der Waals surface area contributed by atoms with Crippen molar-refractivity contribution in [3.63, 3.8) is 0 Å². The monoisotopic (exact) mass is 413 g/mol. The van der Waals surface area contributed by atoms with Crippen LogP contribution in [0.1, 0.15) is 30.4 Å². The van der Waals surface area contributed by atoms with Gasteiger partial charge in [-0.2, -0.15) is 0 Å². The molecule has 0 fully saturated rings. The summed E-state index contributed by atoms with van der Waals surface area (Å²) >= 11 is 0. The van der Waals surface area contributed by atoms with Gasteiger partial charge in [-0.3, -0.25) is 0 Å². The molecule has 2 aromatic carbocycles. The Hall–Kier alpha value is -3.55. The van der Waals surface area contributed by atoms with Crippen LogP contribution in [-0.2, 0) is 27.5 Å². The lowest BCUT2D eigenvalue weighted by Gasteiger charge is -2.19. The van der Waals surface area contributed by atoms with E-state index < -0.39 is 24.2 Å². The van der Waals surface area contributed by atoms with Gasteiger partial charge in [-0.1, -0.05) is 60.7 Å². The minimum absolute atomic E-state index is 0.0431. The Balaban J connectivity index is 1.59. The number of carboxylic acid groups (broad SMARTS) is 1. The molecule has 0 radical (unpaired) electrons. The van der Waals surface area contributed by atoms with Gasteiger partial charge in [0.1, 0.15) is 13.2 Å². The van der Waals surface area contributed by atoms with Crippen molar-refractivity contribution in [2.24, 2.45) is 0 Å². The molecule has 0 aromatic heterocycles. The number of unbranched alkanes of at least 4 members (excludes halogenated alkanes) is 1. The number of benzene rings is 2. The SMILES string of the molecule is O=C(NCCCC[C@@H](NC(=O)OCc1ccccc1)C(=O)[O-])OCc1ccccc1. The van der Waals surface area contributed by atoms with Crippen LogP contribution in [0.2, 0.25) is 0 Å². The molecule has 0 spiro atoms. The van der Waals surface area contributed by atoms with Gasteiger partial charge in [-0.25, -0.2) is 9.59 Å². The van der Waals surface area contributed by atoms with E-state index in [1.165, 1.54) is 0 Å². The highest BCUT2D eigenvalue weighted by Crippen LogP contribution is 2.04. The van der Waals surface area contributed by atoms with E-state index in [9.17, 15) is 19.5 Å². The maximum Gasteiger partial charge on any atom is 0.407 e. The Labute approximate surface area is 175 Å². The molecule has 1 atom stereocenters. The number of ether oxygens (including phenoxy) is 2. The molecule has 0 aliphatic rings. The molecule has 2 rings (SSSR count). The number of hydrogen-bond donors (Lipinski definition) is 2. The van der Waals surface area contributed by atoms with Gasteiger partial charge < -0.3 is 30.0 Å². The first-order valence-electron chi connectivity index (χ1n) is 9.67. The van der Waals surface area contributed by atoms with Crippen LogP contribution in [-0.4, -0.2) is 30.7 Å². The Morgan fingerprint density at radius 2 is 1.33 bits per heavy atom. The van der Waals surface area contributed by atoms with Gasteiger partial charge in [0, 0.05) is 6.54 Å². The van der Waals surface area contributed by atoms with Gasteiger partial charge in [-0.15, -0.1) is 0 Å². The van der Waals surface area contributed by atoms with Crippen molar-refractivity contribution < 1.29 is 29.0 Å². The molecule has 0 heterocycles. The highest BCUT2D eigenvalue weighted by atomic mass is 16.6. The number of carbonyl (C=O) groups excluding carboxylic acids is 3. The second-order valence-corrected chi connectivity index (χ2v) is 6.56. The van der Waals surface area contributed by atoms with Gasteiger partial charge >= 0.3 is 12.2 Å². The van der Waals surface area contributed by atoms with E-state index in [-0.39, 0.29) is 19.6 Å². The van der Waals surface area contributed by atoms with Crippen molar-refractivity contribution in [3.8, 4) is 0 Å². The lowest BCUT2D eigenvalue weighted by atomic mass is 10.1. The van der Waals surface area contributed by atoms with Crippen LogP contribution in [0.25, 0.3) is 0 Å². The van der Waals surface area contributed by atoms with Crippen LogP contribution in [0.4, 0.5) is 9.59 Å². The number of alkyl carbamates (subject to hydrolysis) is 2. The van der Waals surface area contributed by atoms with Gasteiger partial charge in [0.25, 0.3) is 0 Å². The predicted octanol–water partition coefficient (Wildman–Crippen LogP) is 2.13. The molecule has 2 aromatic rings. The summed E-state index contributed by atoms with van der Waals surface area (Å²) in [5, 5.41) is 16.1. The fraction of sp³-hybridized carbons (Fsp3) is 0.318. The van der Waals surface area contributed by atoms with Crippen molar-refractivity contribution in [3.05, 3.63) is 71.8 Å². The number of aliphatic carboxylic acids is 1. The lowest BCUT2D eigenvalue weighted by molar-refractivity contribution is -0.308. The van der Waals surface area contributed by atoms with Crippen LogP contribution in [0.3, 0.4) is 0 Å². The molecule has 0 aliphatic carbocycles. The molecular formula is C22H25N2O6-. The molecule has 30 heavy (non-hydrogen) atoms. The third-order valence-electron chi connectivity index (χ3n) is 4.19. The van der Waals surface area contributed by atoms with Crippen LogP contribution >= 0.6 is 0 Å². The molecule has 0 bridgehead atoms. The quantitative estimate of drug-likeness (QED) is 0.545. The minimum Gasteiger partial charge on any atom is -0.548 e. The normalized spacial score (nSPS) is 11.2. The van der Waals surface area contributed by atoms with Crippen LogP contribution in [0.5, 0.6) is 0 Å². The Kier molecular flexibility index (Phi) is 9.72. The first-order valence-corrected chi connectivity index (χ1v) is 9.67. The van der Waals surface area contributed by atoms with E-state index in [1.807, 2.05) is 48.5 Å². The molecular weight excluding hydrogens is 388 g/mol. The molecule has 2 N–H and O–H groups in total. The third-order valence-corrected chi connectivity index (χ3v) is 4.19. The second-order valence-electron chi connectivity index (χ2n) is 6.56. The smallest absolute Gasteiger partial charge is 0.407 e. The van der Waals surface area contributed by atoms with Gasteiger partial charge in [-0.05, 0) is 30.4 Å². The summed E-state index contributed by atoms with van der Waals surface area (Å²) in [5.41, 5.74) is 1.68. The molecule has 160 valence electrons. The summed E-state index contributed by atoms with van der Waals surface area (Å²) in [6, 6.07) is 17.2. The average Bonchev–Trinajstić information content (AvgIpc) is 2.76. The summed E-state index contributed by atoms with van der Waals surface area (Å²) in [6.07, 6.45) is -0.237. The van der Waals surface area contributed by atoms with E-state index in [4.69, 9.17) is 9.47 Å². The van der Waals surface area contributed by atoms with Gasteiger partial charge in [0.15, 0.2) is 0 Å². The summed E-state index contributed by atoms with van der Waals surface area (Å²) in [5.74, 6) is -1.39. The fourth-order valence-electron chi connectivity index (χ4n) is 2.59. The fourth-order valence-corrected chi connectivity index (χ4v) is 2.59. The van der Waals surface area contributed by atoms with Crippen molar-refractivity contribution >= 4 is 18.2 Å². The topological polar surface area (TPSA) is 117 Å². The van der Waals surface area contributed by atoms with E-state index in [0.717, 1.165) is 11.1 Å². The first-order chi connectivity index (χ1) is 14.5. The highest BCUT2D eigenvalue weighted by molar-refractivity contribution is 5.78. The maximum absolute atomic E-state index is 11.8. The van der Waals surface area contributed by atoms with Crippen molar-refractivity contribution in [1.29, 1.82) is 0 Å². The number of nitrogens with one attached hydrogen (secondary N) is 2. The maximum atomic E-state index is 11.8.